The Morgan fingerprint density at radius 3 is 2.56 bits per heavy atom. The topological polar surface area (TPSA) is 73.2 Å². The Bertz CT molecular complexity index is 1030. The van der Waals surface area contributed by atoms with E-state index < -0.39 is 0 Å². The molecule has 27 heavy (non-hydrogen) atoms. The van der Waals surface area contributed by atoms with Gasteiger partial charge in [-0.3, -0.25) is 14.2 Å². The average Bonchev–Trinajstić information content (AvgIpc) is 2.65. The van der Waals surface area contributed by atoms with E-state index in [0.717, 1.165) is 5.56 Å². The largest absolute Gasteiger partial charge is 0.495 e. The highest BCUT2D eigenvalue weighted by molar-refractivity contribution is 6.32. The number of halogens is 1. The molecule has 3 rings (SSSR count). The predicted octanol–water partition coefficient (Wildman–Crippen LogP) is 3.52. The van der Waals surface area contributed by atoms with Crippen molar-refractivity contribution >= 4 is 23.2 Å². The van der Waals surface area contributed by atoms with E-state index in [4.69, 9.17) is 16.3 Å². The number of carbonyl (C=O) groups is 1. The molecular formula is C20H18ClN3O3. The Hall–Kier alpha value is -3.12. The van der Waals surface area contributed by atoms with Crippen molar-refractivity contribution in [2.45, 2.75) is 13.5 Å². The van der Waals surface area contributed by atoms with Crippen LogP contribution >= 0.6 is 11.6 Å². The fourth-order valence-electron chi connectivity index (χ4n) is 2.66. The molecule has 0 unspecified atom stereocenters. The standard InChI is InChI=1S/C20H18ClN3O3/c1-13-22-17(14-6-4-3-5-7-14)11-20(26)24(13)12-19(25)23-15-8-9-18(27-2)16(21)10-15/h3-11H,12H2,1-2H3,(H,23,25). The Morgan fingerprint density at radius 1 is 1.19 bits per heavy atom. The first-order valence-corrected chi connectivity index (χ1v) is 8.63. The number of hydrogen-bond acceptors (Lipinski definition) is 4. The summed E-state index contributed by atoms with van der Waals surface area (Å²) in [4.78, 5) is 29.2. The molecule has 0 bridgehead atoms. The summed E-state index contributed by atoms with van der Waals surface area (Å²) in [5.74, 6) is 0.627. The van der Waals surface area contributed by atoms with Crippen molar-refractivity contribution in [3.05, 3.63) is 75.8 Å². The van der Waals surface area contributed by atoms with Crippen LogP contribution in [0.2, 0.25) is 5.02 Å². The molecule has 0 fully saturated rings. The molecule has 0 aliphatic heterocycles. The average molecular weight is 384 g/mol. The zero-order chi connectivity index (χ0) is 19.4. The van der Waals surface area contributed by atoms with Gasteiger partial charge < -0.3 is 10.1 Å². The molecule has 1 amide bonds. The molecule has 0 radical (unpaired) electrons. The lowest BCUT2D eigenvalue weighted by molar-refractivity contribution is -0.116. The summed E-state index contributed by atoms with van der Waals surface area (Å²) in [6, 6.07) is 15.8. The fourth-order valence-corrected chi connectivity index (χ4v) is 2.92. The van der Waals surface area contributed by atoms with Crippen LogP contribution in [-0.4, -0.2) is 22.6 Å². The van der Waals surface area contributed by atoms with Gasteiger partial charge in [-0.05, 0) is 25.1 Å². The maximum absolute atomic E-state index is 12.5. The number of rotatable bonds is 5. The minimum Gasteiger partial charge on any atom is -0.495 e. The van der Waals surface area contributed by atoms with Gasteiger partial charge >= 0.3 is 0 Å². The highest BCUT2D eigenvalue weighted by Gasteiger charge is 2.11. The van der Waals surface area contributed by atoms with Crippen LogP contribution in [0.4, 0.5) is 5.69 Å². The van der Waals surface area contributed by atoms with Crippen molar-refractivity contribution in [1.82, 2.24) is 9.55 Å². The van der Waals surface area contributed by atoms with E-state index in [-0.39, 0.29) is 18.0 Å². The summed E-state index contributed by atoms with van der Waals surface area (Å²) in [7, 11) is 1.51. The van der Waals surface area contributed by atoms with Gasteiger partial charge in [0.1, 0.15) is 18.1 Å². The number of amides is 1. The molecule has 0 aliphatic rings. The lowest BCUT2D eigenvalue weighted by Gasteiger charge is -2.12. The van der Waals surface area contributed by atoms with Gasteiger partial charge in [0.25, 0.3) is 5.56 Å². The molecule has 2 aromatic carbocycles. The zero-order valence-electron chi connectivity index (χ0n) is 14.9. The van der Waals surface area contributed by atoms with E-state index in [1.807, 2.05) is 30.3 Å². The third kappa shape index (κ3) is 4.35. The number of aryl methyl sites for hydroxylation is 1. The molecule has 0 saturated heterocycles. The van der Waals surface area contributed by atoms with Crippen LogP contribution < -0.4 is 15.6 Å². The third-order valence-corrected chi connectivity index (χ3v) is 4.30. The van der Waals surface area contributed by atoms with Gasteiger partial charge in [-0.1, -0.05) is 41.9 Å². The molecule has 1 N–H and O–H groups in total. The van der Waals surface area contributed by atoms with Gasteiger partial charge in [0, 0.05) is 17.3 Å². The second kappa shape index (κ2) is 8.05. The van der Waals surface area contributed by atoms with Crippen LogP contribution in [-0.2, 0) is 11.3 Å². The van der Waals surface area contributed by atoms with Crippen LogP contribution in [0.15, 0.2) is 59.4 Å². The van der Waals surface area contributed by atoms with Crippen molar-refractivity contribution in [3.63, 3.8) is 0 Å². The van der Waals surface area contributed by atoms with Crippen LogP contribution in [0.25, 0.3) is 11.3 Å². The van der Waals surface area contributed by atoms with Gasteiger partial charge in [0.15, 0.2) is 0 Å². The van der Waals surface area contributed by atoms with Crippen molar-refractivity contribution in [3.8, 4) is 17.0 Å². The number of nitrogens with one attached hydrogen (secondary N) is 1. The monoisotopic (exact) mass is 383 g/mol. The molecule has 0 atom stereocenters. The van der Waals surface area contributed by atoms with Crippen molar-refractivity contribution in [2.24, 2.45) is 0 Å². The second-order valence-electron chi connectivity index (χ2n) is 5.88. The highest BCUT2D eigenvalue weighted by atomic mass is 35.5. The smallest absolute Gasteiger partial charge is 0.254 e. The molecule has 1 heterocycles. The fraction of sp³-hybridized carbons (Fsp3) is 0.150. The number of aromatic nitrogens is 2. The van der Waals surface area contributed by atoms with Crippen molar-refractivity contribution in [2.75, 3.05) is 12.4 Å². The van der Waals surface area contributed by atoms with Crippen LogP contribution in [0, 0.1) is 6.92 Å². The Kier molecular flexibility index (Phi) is 5.57. The normalized spacial score (nSPS) is 10.5. The molecule has 7 heteroatoms. The van der Waals surface area contributed by atoms with Gasteiger partial charge in [-0.2, -0.15) is 0 Å². The van der Waals surface area contributed by atoms with Gasteiger partial charge in [-0.15, -0.1) is 0 Å². The van der Waals surface area contributed by atoms with Crippen LogP contribution in [0.5, 0.6) is 5.75 Å². The Balaban J connectivity index is 1.78. The SMILES string of the molecule is COc1ccc(NC(=O)Cn2c(C)nc(-c3ccccc3)cc2=O)cc1Cl. The first-order chi connectivity index (χ1) is 13.0. The first kappa shape index (κ1) is 18.7. The number of benzene rings is 2. The second-order valence-corrected chi connectivity index (χ2v) is 6.28. The number of carbonyl (C=O) groups excluding carboxylic acids is 1. The predicted molar refractivity (Wildman–Crippen MR) is 105 cm³/mol. The number of hydrogen-bond donors (Lipinski definition) is 1. The molecule has 0 spiro atoms. The molecular weight excluding hydrogens is 366 g/mol. The number of anilines is 1. The van der Waals surface area contributed by atoms with E-state index in [2.05, 4.69) is 10.3 Å². The lowest BCUT2D eigenvalue weighted by Crippen LogP contribution is -2.29. The molecule has 1 aromatic heterocycles. The number of nitrogens with zero attached hydrogens (tertiary/aromatic N) is 2. The summed E-state index contributed by atoms with van der Waals surface area (Å²) in [5.41, 5.74) is 1.66. The van der Waals surface area contributed by atoms with Crippen molar-refractivity contribution < 1.29 is 9.53 Å². The van der Waals surface area contributed by atoms with E-state index in [1.165, 1.54) is 17.7 Å². The maximum Gasteiger partial charge on any atom is 0.254 e. The quantitative estimate of drug-likeness (QED) is 0.731. The molecule has 3 aromatic rings. The van der Waals surface area contributed by atoms with Crippen LogP contribution in [0.1, 0.15) is 5.82 Å². The zero-order valence-corrected chi connectivity index (χ0v) is 15.7. The van der Waals surface area contributed by atoms with Crippen LogP contribution in [0.3, 0.4) is 0 Å². The summed E-state index contributed by atoms with van der Waals surface area (Å²) in [5, 5.41) is 3.10. The van der Waals surface area contributed by atoms with E-state index >= 15 is 0 Å². The molecule has 6 nitrogen and oxygen atoms in total. The number of ether oxygens (including phenoxy) is 1. The van der Waals surface area contributed by atoms with Gasteiger partial charge in [0.2, 0.25) is 5.91 Å². The summed E-state index contributed by atoms with van der Waals surface area (Å²) >= 11 is 6.06. The van der Waals surface area contributed by atoms with Gasteiger partial charge in [0.05, 0.1) is 17.8 Å². The molecule has 0 saturated carbocycles. The summed E-state index contributed by atoms with van der Waals surface area (Å²) < 4.78 is 6.41. The highest BCUT2D eigenvalue weighted by Crippen LogP contribution is 2.27. The summed E-state index contributed by atoms with van der Waals surface area (Å²) in [6.07, 6.45) is 0. The van der Waals surface area contributed by atoms with E-state index in [9.17, 15) is 9.59 Å². The maximum atomic E-state index is 12.5. The minimum absolute atomic E-state index is 0.142. The lowest BCUT2D eigenvalue weighted by atomic mass is 10.1. The third-order valence-electron chi connectivity index (χ3n) is 4.01. The molecule has 138 valence electrons. The Labute approximate surface area is 161 Å². The first-order valence-electron chi connectivity index (χ1n) is 8.25. The van der Waals surface area contributed by atoms with Gasteiger partial charge in [-0.25, -0.2) is 4.98 Å². The van der Waals surface area contributed by atoms with Crippen molar-refractivity contribution in [1.29, 1.82) is 0 Å². The number of methoxy groups -OCH3 is 1. The van der Waals surface area contributed by atoms with E-state index in [0.29, 0.717) is 28.0 Å². The molecule has 0 aliphatic carbocycles. The Morgan fingerprint density at radius 2 is 1.93 bits per heavy atom. The summed E-state index contributed by atoms with van der Waals surface area (Å²) in [6.45, 7) is 1.56. The minimum atomic E-state index is -0.351. The van der Waals surface area contributed by atoms with E-state index in [1.54, 1.807) is 25.1 Å².